The lowest BCUT2D eigenvalue weighted by Crippen LogP contribution is -2.34. The van der Waals surface area contributed by atoms with E-state index in [0.29, 0.717) is 0 Å². The largest absolute Gasteiger partial charge is 0.615 e. The second-order valence-corrected chi connectivity index (χ2v) is 6.75. The van der Waals surface area contributed by atoms with Crippen LogP contribution in [0.15, 0.2) is 0 Å². The molecule has 3 heteroatoms. The minimum atomic E-state index is -0.588. The quantitative estimate of drug-likeness (QED) is 0.508. The van der Waals surface area contributed by atoms with Crippen LogP contribution in [0.2, 0.25) is 0 Å². The molecule has 1 fully saturated rings. The standard InChI is InChI=1S/C6H12OS2/c1-6(2)8-4-3-5-9(6)7/h3-5H2,1-2H3. The molecule has 0 aromatic carbocycles. The lowest BCUT2D eigenvalue weighted by molar-refractivity contribution is 0.578. The van der Waals surface area contributed by atoms with Gasteiger partial charge in [-0.05, 0) is 25.0 Å². The van der Waals surface area contributed by atoms with Crippen LogP contribution in [0.4, 0.5) is 0 Å². The topological polar surface area (TPSA) is 23.1 Å². The van der Waals surface area contributed by atoms with Crippen molar-refractivity contribution in [3.63, 3.8) is 0 Å². The molecule has 0 saturated carbocycles. The molecule has 0 aromatic heterocycles. The lowest BCUT2D eigenvalue weighted by Gasteiger charge is -2.31. The van der Waals surface area contributed by atoms with E-state index in [1.54, 1.807) is 0 Å². The van der Waals surface area contributed by atoms with Gasteiger partial charge in [0.05, 0.1) is 0 Å². The van der Waals surface area contributed by atoms with Crippen LogP contribution in [0, 0.1) is 0 Å². The van der Waals surface area contributed by atoms with Gasteiger partial charge in [0, 0.05) is 12.2 Å². The summed E-state index contributed by atoms with van der Waals surface area (Å²) in [5.74, 6) is 2.08. The molecule has 54 valence electrons. The molecule has 1 nitrogen and oxygen atoms in total. The zero-order valence-electron chi connectivity index (χ0n) is 5.85. The van der Waals surface area contributed by atoms with Gasteiger partial charge in [-0.15, -0.1) is 11.8 Å². The molecule has 1 rings (SSSR count). The molecule has 0 amide bonds. The van der Waals surface area contributed by atoms with Gasteiger partial charge in [0.25, 0.3) is 0 Å². The summed E-state index contributed by atoms with van der Waals surface area (Å²) < 4.78 is 11.2. The van der Waals surface area contributed by atoms with Gasteiger partial charge in [-0.2, -0.15) is 0 Å². The van der Waals surface area contributed by atoms with Crippen LogP contribution in [0.1, 0.15) is 20.3 Å². The average Bonchev–Trinajstić information content (AvgIpc) is 1.77. The number of thioether (sulfide) groups is 1. The second-order valence-electron chi connectivity index (χ2n) is 2.65. The van der Waals surface area contributed by atoms with E-state index in [1.165, 1.54) is 5.75 Å². The van der Waals surface area contributed by atoms with Crippen molar-refractivity contribution in [2.75, 3.05) is 11.5 Å². The Kier molecular flexibility index (Phi) is 2.35. The number of rotatable bonds is 0. The SMILES string of the molecule is CC1(C)SCCC[S+]1[O-]. The van der Waals surface area contributed by atoms with Crippen LogP contribution < -0.4 is 0 Å². The van der Waals surface area contributed by atoms with Crippen molar-refractivity contribution in [3.8, 4) is 0 Å². The Morgan fingerprint density at radius 2 is 2.22 bits per heavy atom. The van der Waals surface area contributed by atoms with E-state index in [2.05, 4.69) is 13.8 Å². The Morgan fingerprint density at radius 1 is 1.56 bits per heavy atom. The summed E-state index contributed by atoms with van der Waals surface area (Å²) in [6.45, 7) is 4.12. The predicted molar refractivity (Wildman–Crippen MR) is 44.2 cm³/mol. The fourth-order valence-electron chi connectivity index (χ4n) is 0.819. The smallest absolute Gasteiger partial charge is 0.165 e. The van der Waals surface area contributed by atoms with Crippen LogP contribution in [0.3, 0.4) is 0 Å². The van der Waals surface area contributed by atoms with Crippen molar-refractivity contribution in [3.05, 3.63) is 0 Å². The van der Waals surface area contributed by atoms with Crippen molar-refractivity contribution >= 4 is 22.9 Å². The molecule has 0 aliphatic carbocycles. The van der Waals surface area contributed by atoms with Crippen molar-refractivity contribution in [2.45, 2.75) is 24.3 Å². The van der Waals surface area contributed by atoms with Crippen molar-refractivity contribution in [1.82, 2.24) is 0 Å². The van der Waals surface area contributed by atoms with Gasteiger partial charge in [-0.1, -0.05) is 0 Å². The molecule has 1 aliphatic heterocycles. The van der Waals surface area contributed by atoms with E-state index in [1.807, 2.05) is 11.8 Å². The third-order valence-corrected chi connectivity index (χ3v) is 5.33. The minimum Gasteiger partial charge on any atom is -0.615 e. The van der Waals surface area contributed by atoms with Gasteiger partial charge < -0.3 is 4.55 Å². The molecule has 1 saturated heterocycles. The van der Waals surface area contributed by atoms with Gasteiger partial charge in [0.1, 0.15) is 5.75 Å². The summed E-state index contributed by atoms with van der Waals surface area (Å²) in [4.78, 5) is 0. The highest BCUT2D eigenvalue weighted by Gasteiger charge is 2.34. The average molecular weight is 164 g/mol. The van der Waals surface area contributed by atoms with Crippen LogP contribution in [0.5, 0.6) is 0 Å². The first-order chi connectivity index (χ1) is 4.13. The van der Waals surface area contributed by atoms with E-state index < -0.39 is 11.2 Å². The molecule has 1 aliphatic rings. The first kappa shape index (κ1) is 7.76. The van der Waals surface area contributed by atoms with Crippen LogP contribution in [-0.2, 0) is 11.2 Å². The Labute approximate surface area is 63.8 Å². The summed E-state index contributed by atoms with van der Waals surface area (Å²) in [6, 6.07) is 0. The number of hydrogen-bond acceptors (Lipinski definition) is 2. The molecule has 0 N–H and O–H groups in total. The maximum atomic E-state index is 11.2. The highest BCUT2D eigenvalue weighted by atomic mass is 32.3. The van der Waals surface area contributed by atoms with E-state index >= 15 is 0 Å². The van der Waals surface area contributed by atoms with Gasteiger partial charge >= 0.3 is 0 Å². The zero-order valence-corrected chi connectivity index (χ0v) is 7.48. The summed E-state index contributed by atoms with van der Waals surface area (Å²) in [5.41, 5.74) is 0. The van der Waals surface area contributed by atoms with Gasteiger partial charge in [0.2, 0.25) is 0 Å². The molecule has 1 unspecified atom stereocenters. The lowest BCUT2D eigenvalue weighted by atomic mass is 10.5. The molecule has 0 bridgehead atoms. The van der Waals surface area contributed by atoms with Gasteiger partial charge in [-0.25, -0.2) is 0 Å². The summed E-state index contributed by atoms with van der Waals surface area (Å²) in [7, 11) is 0. The normalized spacial score (nSPS) is 34.3. The minimum absolute atomic E-state index is 0.0260. The van der Waals surface area contributed by atoms with E-state index in [9.17, 15) is 4.55 Å². The Bertz CT molecular complexity index is 103. The fraction of sp³-hybridized carbons (Fsp3) is 1.00. The Balaban J connectivity index is 2.49. The molecular formula is C6H12OS2. The molecular weight excluding hydrogens is 152 g/mol. The maximum absolute atomic E-state index is 11.2. The Morgan fingerprint density at radius 3 is 2.56 bits per heavy atom. The first-order valence-electron chi connectivity index (χ1n) is 3.15. The third-order valence-electron chi connectivity index (χ3n) is 1.47. The highest BCUT2D eigenvalue weighted by Crippen LogP contribution is 2.35. The molecule has 0 spiro atoms. The first-order valence-corrected chi connectivity index (χ1v) is 5.46. The Hall–Kier alpha value is 0.660. The molecule has 0 radical (unpaired) electrons. The zero-order chi connectivity index (χ0) is 6.91. The summed E-state index contributed by atoms with van der Waals surface area (Å²) >= 11 is 1.24. The predicted octanol–water partition coefficient (Wildman–Crippen LogP) is 1.61. The van der Waals surface area contributed by atoms with E-state index in [0.717, 1.165) is 12.2 Å². The number of hydrogen-bond donors (Lipinski definition) is 0. The molecule has 1 atom stereocenters. The van der Waals surface area contributed by atoms with Crippen LogP contribution in [-0.4, -0.2) is 20.1 Å². The van der Waals surface area contributed by atoms with E-state index in [4.69, 9.17) is 0 Å². The molecule has 1 heterocycles. The summed E-state index contributed by atoms with van der Waals surface area (Å²) in [6.07, 6.45) is 1.13. The molecule has 9 heavy (non-hydrogen) atoms. The van der Waals surface area contributed by atoms with Crippen molar-refractivity contribution in [2.24, 2.45) is 0 Å². The monoisotopic (exact) mass is 164 g/mol. The van der Waals surface area contributed by atoms with Crippen LogP contribution >= 0.6 is 11.8 Å². The van der Waals surface area contributed by atoms with Gasteiger partial charge in [0.15, 0.2) is 4.08 Å². The van der Waals surface area contributed by atoms with E-state index in [-0.39, 0.29) is 4.08 Å². The third kappa shape index (κ3) is 1.79. The molecule has 0 aromatic rings. The maximum Gasteiger partial charge on any atom is 0.165 e. The summed E-state index contributed by atoms with van der Waals surface area (Å²) in [5, 5.41) is 0. The second kappa shape index (κ2) is 2.72. The van der Waals surface area contributed by atoms with Crippen molar-refractivity contribution < 1.29 is 4.55 Å². The highest BCUT2D eigenvalue weighted by molar-refractivity contribution is 8.15. The van der Waals surface area contributed by atoms with Crippen LogP contribution in [0.25, 0.3) is 0 Å². The van der Waals surface area contributed by atoms with Crippen molar-refractivity contribution in [1.29, 1.82) is 0 Å². The fourth-order valence-corrected chi connectivity index (χ4v) is 3.71. The van der Waals surface area contributed by atoms with Gasteiger partial charge in [-0.3, -0.25) is 0 Å².